The normalized spacial score (nSPS) is 33.2. The number of rotatable bonds is 1. The lowest BCUT2D eigenvalue weighted by molar-refractivity contribution is -0.0142. The molecule has 2 rings (SSSR count). The summed E-state index contributed by atoms with van der Waals surface area (Å²) in [6, 6.07) is 1.99. The first-order chi connectivity index (χ1) is 6.62. The number of aromatic nitrogens is 2. The summed E-state index contributed by atoms with van der Waals surface area (Å²) in [5.74, 6) is 0. The van der Waals surface area contributed by atoms with E-state index < -0.39 is 5.60 Å². The van der Waals surface area contributed by atoms with Gasteiger partial charge < -0.3 is 10.8 Å². The maximum atomic E-state index is 10.4. The van der Waals surface area contributed by atoms with Crippen LogP contribution in [0.4, 0.5) is 0 Å². The van der Waals surface area contributed by atoms with Crippen LogP contribution in [0.3, 0.4) is 0 Å². The average molecular weight is 195 g/mol. The lowest BCUT2D eigenvalue weighted by Gasteiger charge is -2.35. The molecule has 0 amide bonds. The van der Waals surface area contributed by atoms with Gasteiger partial charge in [0.25, 0.3) is 0 Å². The van der Waals surface area contributed by atoms with Gasteiger partial charge in [0.05, 0.1) is 5.69 Å². The molecular weight excluding hydrogens is 178 g/mol. The Morgan fingerprint density at radius 1 is 1.71 bits per heavy atom. The third-order valence-electron chi connectivity index (χ3n) is 3.06. The Morgan fingerprint density at radius 3 is 3.07 bits per heavy atom. The minimum absolute atomic E-state index is 0.114. The average Bonchev–Trinajstić information content (AvgIpc) is 2.51. The zero-order valence-electron chi connectivity index (χ0n) is 8.48. The van der Waals surface area contributed by atoms with Crippen LogP contribution in [0.2, 0.25) is 0 Å². The van der Waals surface area contributed by atoms with Crippen molar-refractivity contribution in [1.82, 2.24) is 9.78 Å². The van der Waals surface area contributed by atoms with Crippen molar-refractivity contribution in [3.8, 4) is 0 Å². The highest BCUT2D eigenvalue weighted by Crippen LogP contribution is 2.35. The molecule has 1 aromatic rings. The largest absolute Gasteiger partial charge is 0.384 e. The van der Waals surface area contributed by atoms with Crippen molar-refractivity contribution >= 4 is 0 Å². The highest BCUT2D eigenvalue weighted by atomic mass is 16.3. The second-order valence-corrected chi connectivity index (χ2v) is 4.23. The van der Waals surface area contributed by atoms with Gasteiger partial charge in [-0.05, 0) is 31.7 Å². The topological polar surface area (TPSA) is 64.1 Å². The van der Waals surface area contributed by atoms with Gasteiger partial charge in [0.1, 0.15) is 5.60 Å². The zero-order valence-corrected chi connectivity index (χ0v) is 8.48. The second-order valence-electron chi connectivity index (χ2n) is 4.23. The second kappa shape index (κ2) is 3.37. The van der Waals surface area contributed by atoms with Gasteiger partial charge in [-0.3, -0.25) is 4.68 Å². The van der Waals surface area contributed by atoms with Crippen LogP contribution < -0.4 is 5.73 Å². The summed E-state index contributed by atoms with van der Waals surface area (Å²) in [5.41, 5.74) is 6.00. The van der Waals surface area contributed by atoms with E-state index in [1.807, 2.05) is 13.1 Å². The van der Waals surface area contributed by atoms with Gasteiger partial charge in [-0.1, -0.05) is 0 Å². The monoisotopic (exact) mass is 195 g/mol. The van der Waals surface area contributed by atoms with Gasteiger partial charge in [0.15, 0.2) is 0 Å². The van der Waals surface area contributed by atoms with Gasteiger partial charge in [0.2, 0.25) is 0 Å². The van der Waals surface area contributed by atoms with E-state index in [9.17, 15) is 5.11 Å². The van der Waals surface area contributed by atoms with Crippen LogP contribution in [0, 0.1) is 0 Å². The summed E-state index contributed by atoms with van der Waals surface area (Å²) < 4.78 is 1.73. The summed E-state index contributed by atoms with van der Waals surface area (Å²) in [5, 5.41) is 14.5. The van der Waals surface area contributed by atoms with Crippen molar-refractivity contribution < 1.29 is 5.11 Å². The third-order valence-corrected chi connectivity index (χ3v) is 3.06. The van der Waals surface area contributed by atoms with Crippen LogP contribution in [0.1, 0.15) is 31.4 Å². The van der Waals surface area contributed by atoms with E-state index in [1.165, 1.54) is 0 Å². The number of hydrogen-bond acceptors (Lipinski definition) is 3. The molecule has 78 valence electrons. The molecule has 1 fully saturated rings. The smallest absolute Gasteiger partial charge is 0.108 e. The summed E-state index contributed by atoms with van der Waals surface area (Å²) in [4.78, 5) is 0. The van der Waals surface area contributed by atoms with Gasteiger partial charge in [0, 0.05) is 19.3 Å². The van der Waals surface area contributed by atoms with Crippen molar-refractivity contribution in [2.45, 2.75) is 37.3 Å². The molecule has 0 saturated heterocycles. The highest BCUT2D eigenvalue weighted by Gasteiger charge is 2.36. The Balaban J connectivity index is 2.27. The molecule has 1 aromatic heterocycles. The first-order valence-corrected chi connectivity index (χ1v) is 5.08. The first kappa shape index (κ1) is 9.68. The van der Waals surface area contributed by atoms with Crippen molar-refractivity contribution in [2.75, 3.05) is 0 Å². The molecule has 14 heavy (non-hydrogen) atoms. The minimum atomic E-state index is -0.761. The molecule has 2 unspecified atom stereocenters. The maximum absolute atomic E-state index is 10.4. The van der Waals surface area contributed by atoms with Crippen LogP contribution in [-0.2, 0) is 12.6 Å². The standard InChI is InChI=1S/C10H17N3O/c1-13-9(4-6-12-13)10(14)5-2-3-8(11)7-10/h4,6,8,14H,2-3,5,7,11H2,1H3. The predicted octanol–water partition coefficient (Wildman–Crippen LogP) is 0.509. The van der Waals surface area contributed by atoms with Crippen LogP contribution in [0.5, 0.6) is 0 Å². The van der Waals surface area contributed by atoms with E-state index in [1.54, 1.807) is 10.9 Å². The fraction of sp³-hybridized carbons (Fsp3) is 0.700. The van der Waals surface area contributed by atoms with E-state index in [0.29, 0.717) is 6.42 Å². The lowest BCUT2D eigenvalue weighted by atomic mass is 9.80. The lowest BCUT2D eigenvalue weighted by Crippen LogP contribution is -2.40. The number of nitrogens with two attached hydrogens (primary N) is 1. The Labute approximate surface area is 83.7 Å². The fourth-order valence-electron chi connectivity index (χ4n) is 2.36. The highest BCUT2D eigenvalue weighted by molar-refractivity contribution is 5.13. The Morgan fingerprint density at radius 2 is 2.50 bits per heavy atom. The first-order valence-electron chi connectivity index (χ1n) is 5.08. The SMILES string of the molecule is Cn1nccc1C1(O)CCCC(N)C1. The molecule has 0 spiro atoms. The molecule has 0 aromatic carbocycles. The zero-order chi connectivity index (χ0) is 10.2. The number of aryl methyl sites for hydroxylation is 1. The Kier molecular flexibility index (Phi) is 2.33. The van der Waals surface area contributed by atoms with Crippen LogP contribution in [-0.4, -0.2) is 20.9 Å². The predicted molar refractivity (Wildman–Crippen MR) is 53.5 cm³/mol. The molecule has 1 aliphatic rings. The summed E-state index contributed by atoms with van der Waals surface area (Å²) in [7, 11) is 1.85. The van der Waals surface area contributed by atoms with Crippen LogP contribution in [0.15, 0.2) is 12.3 Å². The molecule has 0 bridgehead atoms. The molecule has 1 heterocycles. The Hall–Kier alpha value is -0.870. The summed E-state index contributed by atoms with van der Waals surface area (Å²) >= 11 is 0. The third kappa shape index (κ3) is 1.55. The number of aliphatic hydroxyl groups is 1. The van der Waals surface area contributed by atoms with Gasteiger partial charge in [-0.2, -0.15) is 5.10 Å². The van der Waals surface area contributed by atoms with E-state index in [0.717, 1.165) is 25.0 Å². The Bertz CT molecular complexity index is 323. The molecule has 0 aliphatic heterocycles. The van der Waals surface area contributed by atoms with E-state index in [-0.39, 0.29) is 6.04 Å². The number of hydrogen-bond donors (Lipinski definition) is 2. The van der Waals surface area contributed by atoms with Gasteiger partial charge >= 0.3 is 0 Å². The van der Waals surface area contributed by atoms with Crippen molar-refractivity contribution in [2.24, 2.45) is 12.8 Å². The molecule has 0 radical (unpaired) electrons. The summed E-state index contributed by atoms with van der Waals surface area (Å²) in [6.07, 6.45) is 5.16. The molecular formula is C10H17N3O. The van der Waals surface area contributed by atoms with Crippen molar-refractivity contribution in [3.63, 3.8) is 0 Å². The fourth-order valence-corrected chi connectivity index (χ4v) is 2.36. The molecule has 4 nitrogen and oxygen atoms in total. The molecule has 1 aliphatic carbocycles. The van der Waals surface area contributed by atoms with Crippen molar-refractivity contribution in [3.05, 3.63) is 18.0 Å². The maximum Gasteiger partial charge on any atom is 0.108 e. The minimum Gasteiger partial charge on any atom is -0.384 e. The molecule has 3 N–H and O–H groups in total. The quantitative estimate of drug-likeness (QED) is 0.686. The van der Waals surface area contributed by atoms with E-state index in [4.69, 9.17) is 5.73 Å². The van der Waals surface area contributed by atoms with Crippen LogP contribution in [0.25, 0.3) is 0 Å². The van der Waals surface area contributed by atoms with Crippen molar-refractivity contribution in [1.29, 1.82) is 0 Å². The molecule has 2 atom stereocenters. The van der Waals surface area contributed by atoms with Gasteiger partial charge in [-0.25, -0.2) is 0 Å². The van der Waals surface area contributed by atoms with Gasteiger partial charge in [-0.15, -0.1) is 0 Å². The van der Waals surface area contributed by atoms with E-state index in [2.05, 4.69) is 5.10 Å². The molecule has 1 saturated carbocycles. The summed E-state index contributed by atoms with van der Waals surface area (Å²) in [6.45, 7) is 0. The molecule has 4 heteroatoms. The van der Waals surface area contributed by atoms with Crippen LogP contribution >= 0.6 is 0 Å². The number of nitrogens with zero attached hydrogens (tertiary/aromatic N) is 2. The van der Waals surface area contributed by atoms with E-state index >= 15 is 0 Å².